The van der Waals surface area contributed by atoms with Gasteiger partial charge in [-0.25, -0.2) is 4.21 Å². The number of piperazine rings is 2. The maximum atomic E-state index is 14.0. The van der Waals surface area contributed by atoms with Gasteiger partial charge in [0.25, 0.3) is 5.91 Å². The molecule has 284 valence electrons. The number of rotatable bonds is 2. The Labute approximate surface area is 317 Å². The lowest BCUT2D eigenvalue weighted by atomic mass is 9.65. The molecule has 2 bridgehead atoms. The summed E-state index contributed by atoms with van der Waals surface area (Å²) in [4.78, 5) is 24.4. The first-order chi connectivity index (χ1) is 25.0. The van der Waals surface area contributed by atoms with Crippen LogP contribution in [0.5, 0.6) is 5.75 Å². The molecule has 8 rings (SSSR count). The Hall–Kier alpha value is -2.30. The van der Waals surface area contributed by atoms with E-state index >= 15 is 0 Å². The average molecular weight is 750 g/mol. The normalized spacial score (nSPS) is 36.4. The van der Waals surface area contributed by atoms with Crippen molar-refractivity contribution in [2.24, 2.45) is 23.7 Å². The van der Waals surface area contributed by atoms with Crippen molar-refractivity contribution in [2.75, 3.05) is 77.5 Å². The molecule has 2 saturated heterocycles. The molecule has 2 aliphatic carbocycles. The van der Waals surface area contributed by atoms with Gasteiger partial charge < -0.3 is 19.4 Å². The van der Waals surface area contributed by atoms with Crippen LogP contribution in [0.15, 0.2) is 36.4 Å². The zero-order valence-corrected chi connectivity index (χ0v) is 33.2. The number of benzene rings is 2. The van der Waals surface area contributed by atoms with E-state index in [1.165, 1.54) is 69.7 Å². The molecule has 8 atom stereocenters. The summed E-state index contributed by atoms with van der Waals surface area (Å²) < 4.78 is 23.7. The average Bonchev–Trinajstić information content (AvgIpc) is 3.25. The van der Waals surface area contributed by atoms with Crippen molar-refractivity contribution in [1.29, 1.82) is 0 Å². The van der Waals surface area contributed by atoms with E-state index in [1.807, 2.05) is 31.2 Å². The van der Waals surface area contributed by atoms with E-state index < -0.39 is 9.71 Å². The maximum Gasteiger partial charge on any atom is 0.262 e. The Morgan fingerprint density at radius 1 is 1.00 bits per heavy atom. The molecule has 4 aliphatic heterocycles. The van der Waals surface area contributed by atoms with Gasteiger partial charge in [-0.05, 0) is 130 Å². The summed E-state index contributed by atoms with van der Waals surface area (Å²) in [6.07, 6.45) is 9.01. The molecule has 1 amide bonds. The van der Waals surface area contributed by atoms with Gasteiger partial charge in [0, 0.05) is 86.2 Å². The minimum absolute atomic E-state index is 0.168. The molecule has 0 radical (unpaired) electrons. The third-order valence-corrected chi connectivity index (χ3v) is 16.6. The van der Waals surface area contributed by atoms with Gasteiger partial charge in [-0.15, -0.1) is 0 Å². The van der Waals surface area contributed by atoms with Gasteiger partial charge in [-0.1, -0.05) is 31.0 Å². The lowest BCUT2D eigenvalue weighted by molar-refractivity contribution is -0.000935. The van der Waals surface area contributed by atoms with Gasteiger partial charge in [0.1, 0.15) is 5.75 Å². The van der Waals surface area contributed by atoms with Crippen LogP contribution in [0, 0.1) is 23.7 Å². The number of halogens is 1. The number of hydrogen-bond donors (Lipinski definition) is 1. The van der Waals surface area contributed by atoms with Crippen LogP contribution >= 0.6 is 11.6 Å². The molecule has 10 heteroatoms. The molecule has 6 aliphatic rings. The Morgan fingerprint density at radius 2 is 1.85 bits per heavy atom. The molecule has 3 fully saturated rings. The van der Waals surface area contributed by atoms with Crippen LogP contribution in [0.4, 0.5) is 5.69 Å². The number of likely N-dealkylation sites (N-methyl/N-ethyl adjacent to an activating group) is 1. The van der Waals surface area contributed by atoms with E-state index in [9.17, 15) is 9.00 Å². The number of hydrogen-bond acceptors (Lipinski definition) is 7. The second-order valence-electron chi connectivity index (χ2n) is 17.5. The highest BCUT2D eigenvalue weighted by Crippen LogP contribution is 2.48. The Bertz CT molecular complexity index is 1750. The molecular weight excluding hydrogens is 690 g/mol. The predicted octanol–water partition coefficient (Wildman–Crippen LogP) is 5.96. The Kier molecular flexibility index (Phi) is 10.4. The Morgan fingerprint density at radius 3 is 2.67 bits per heavy atom. The van der Waals surface area contributed by atoms with Crippen LogP contribution in [0.1, 0.15) is 80.3 Å². The summed E-state index contributed by atoms with van der Waals surface area (Å²) in [7, 11) is -0.597. The second-order valence-corrected chi connectivity index (χ2v) is 20.4. The fourth-order valence-corrected chi connectivity index (χ4v) is 12.4. The number of nitrogens with one attached hydrogen (secondary N) is 1. The smallest absolute Gasteiger partial charge is 0.262 e. The fourth-order valence-electron chi connectivity index (χ4n) is 10.7. The molecule has 1 saturated carbocycles. The summed E-state index contributed by atoms with van der Waals surface area (Å²) in [5.41, 5.74) is 4.02. The molecule has 1 N–H and O–H groups in total. The SMILES string of the molecule is C=S1(=O)NC(=O)c2ccc3c(c2)N(C[C@@H]2CC[C@H]2[C@@H](CN2CCN4CCN(C)C[C@@H]4C2)CCC[C@H](C)[C@H]1C)C[C@@]1(CCCc2cc(Cl)ccc21)CO3. The zero-order valence-electron chi connectivity index (χ0n) is 31.7. The van der Waals surface area contributed by atoms with Crippen LogP contribution in [-0.4, -0.2) is 115 Å². The van der Waals surface area contributed by atoms with Crippen LogP contribution in [0.25, 0.3) is 0 Å². The first-order valence-corrected chi connectivity index (χ1v) is 22.3. The summed E-state index contributed by atoms with van der Waals surface area (Å²) >= 11 is 6.53. The van der Waals surface area contributed by atoms with Gasteiger partial charge in [0.15, 0.2) is 0 Å². The summed E-state index contributed by atoms with van der Waals surface area (Å²) in [5, 5.41) is 0.566. The summed E-state index contributed by atoms with van der Waals surface area (Å²) in [5.74, 6) is 6.69. The highest BCUT2D eigenvalue weighted by molar-refractivity contribution is 7.99. The molecule has 52 heavy (non-hydrogen) atoms. The number of carbonyl (C=O) groups excluding carboxylic acids is 1. The molecule has 8 nitrogen and oxygen atoms in total. The van der Waals surface area contributed by atoms with Crippen molar-refractivity contribution in [3.63, 3.8) is 0 Å². The van der Waals surface area contributed by atoms with E-state index in [1.54, 1.807) is 0 Å². The standard InChI is InChI=1S/C42H60ClN5O3S/c1-29-7-5-8-33(23-46-18-20-47-19-17-45(3)25-36(47)26-46)37-13-10-34(37)24-48-27-42(16-6-9-31-21-35(43)12-14-38(31)42)28-51-40-15-11-32(22-39(40)48)41(49)44-52(4,50)30(29)2/h11-12,14-15,21-22,29-30,33-34,36-37H,4-10,13,16-20,23-28H2,1-3H3,(H,44,49,50)/t29-,30+,33+,34-,36+,37-,42-,52?/m0/s1. The van der Waals surface area contributed by atoms with Gasteiger partial charge in [-0.3, -0.25) is 14.4 Å². The molecule has 2 aromatic rings. The zero-order chi connectivity index (χ0) is 36.2. The number of fused-ring (bicyclic) bond motifs is 5. The van der Waals surface area contributed by atoms with E-state index in [-0.39, 0.29) is 22.5 Å². The molecule has 1 unspecified atom stereocenters. The number of nitrogens with zero attached hydrogens (tertiary/aromatic N) is 4. The van der Waals surface area contributed by atoms with Gasteiger partial charge in [0.2, 0.25) is 0 Å². The first-order valence-electron chi connectivity index (χ1n) is 20.1. The molecule has 1 spiro atoms. The highest BCUT2D eigenvalue weighted by atomic mass is 35.5. The molecule has 2 aromatic carbocycles. The number of ether oxygens (including phenoxy) is 1. The maximum absolute atomic E-state index is 14.0. The van der Waals surface area contributed by atoms with Crippen molar-refractivity contribution in [3.05, 3.63) is 58.1 Å². The largest absolute Gasteiger partial charge is 0.490 e. The van der Waals surface area contributed by atoms with Crippen LogP contribution in [0.3, 0.4) is 0 Å². The van der Waals surface area contributed by atoms with E-state index in [2.05, 4.69) is 56.3 Å². The van der Waals surface area contributed by atoms with Crippen molar-refractivity contribution >= 4 is 38.8 Å². The van der Waals surface area contributed by atoms with Crippen LogP contribution in [-0.2, 0) is 21.5 Å². The summed E-state index contributed by atoms with van der Waals surface area (Å²) in [6.45, 7) is 14.8. The van der Waals surface area contributed by atoms with Crippen molar-refractivity contribution in [1.82, 2.24) is 19.4 Å². The Balaban J connectivity index is 1.13. The first kappa shape index (κ1) is 36.7. The molecule has 4 heterocycles. The second kappa shape index (κ2) is 14.7. The van der Waals surface area contributed by atoms with Crippen molar-refractivity contribution < 1.29 is 13.7 Å². The number of aryl methyl sites for hydroxylation is 1. The van der Waals surface area contributed by atoms with E-state index in [4.69, 9.17) is 16.3 Å². The topological polar surface area (TPSA) is 68.4 Å². The van der Waals surface area contributed by atoms with Crippen molar-refractivity contribution in [3.8, 4) is 5.75 Å². The number of anilines is 1. The van der Waals surface area contributed by atoms with Gasteiger partial charge in [0.05, 0.1) is 22.0 Å². The summed E-state index contributed by atoms with van der Waals surface area (Å²) in [6, 6.07) is 12.9. The van der Waals surface area contributed by atoms with Gasteiger partial charge >= 0.3 is 0 Å². The molecular formula is C42H60ClN5O3S. The van der Waals surface area contributed by atoms with E-state index in [0.29, 0.717) is 36.0 Å². The van der Waals surface area contributed by atoms with Crippen LogP contribution in [0.2, 0.25) is 5.02 Å². The highest BCUT2D eigenvalue weighted by Gasteiger charge is 2.45. The minimum Gasteiger partial charge on any atom is -0.490 e. The third-order valence-electron chi connectivity index (χ3n) is 14.2. The van der Waals surface area contributed by atoms with Crippen LogP contribution < -0.4 is 14.4 Å². The quantitative estimate of drug-likeness (QED) is 0.381. The monoisotopic (exact) mass is 749 g/mol. The van der Waals surface area contributed by atoms with E-state index in [0.717, 1.165) is 68.2 Å². The number of amides is 1. The van der Waals surface area contributed by atoms with Gasteiger partial charge in [-0.2, -0.15) is 0 Å². The lowest BCUT2D eigenvalue weighted by Gasteiger charge is -2.50. The fraction of sp³-hybridized carbons (Fsp3) is 0.667. The number of carbonyl (C=O) groups is 1. The third kappa shape index (κ3) is 7.26. The lowest BCUT2D eigenvalue weighted by Crippen LogP contribution is -2.62. The molecule has 0 aromatic heterocycles. The predicted molar refractivity (Wildman–Crippen MR) is 214 cm³/mol. The minimum atomic E-state index is -2.87. The van der Waals surface area contributed by atoms with Crippen molar-refractivity contribution in [2.45, 2.75) is 81.9 Å².